The highest BCUT2D eigenvalue weighted by molar-refractivity contribution is 5.95. The van der Waals surface area contributed by atoms with Crippen LogP contribution >= 0.6 is 0 Å². The number of rotatable bonds is 16. The smallest absolute Gasteiger partial charge is 0.238 e. The van der Waals surface area contributed by atoms with Crippen LogP contribution in [-0.4, -0.2) is 66.5 Å². The first-order valence-corrected chi connectivity index (χ1v) is 19.1. The zero-order valence-corrected chi connectivity index (χ0v) is 33.1. The van der Waals surface area contributed by atoms with Crippen molar-refractivity contribution in [1.29, 1.82) is 0 Å². The number of fused-ring (bicyclic) bond motifs is 1. The fourth-order valence-corrected chi connectivity index (χ4v) is 8.07. The van der Waals surface area contributed by atoms with E-state index >= 15 is 0 Å². The summed E-state index contributed by atoms with van der Waals surface area (Å²) in [5, 5.41) is 4.36. The fraction of sp³-hybridized carbons (Fsp3) is 0.523. The molecule has 280 valence electrons. The summed E-state index contributed by atoms with van der Waals surface area (Å²) in [6.07, 6.45) is 8.40. The summed E-state index contributed by atoms with van der Waals surface area (Å²) in [7, 11) is 7.32. The van der Waals surface area contributed by atoms with Crippen molar-refractivity contribution in [3.63, 3.8) is 0 Å². The Morgan fingerprint density at radius 3 is 2.38 bits per heavy atom. The van der Waals surface area contributed by atoms with Crippen LogP contribution in [0, 0.1) is 11.3 Å². The van der Waals surface area contributed by atoms with E-state index in [0.717, 1.165) is 73.0 Å². The number of hydrogen-bond donors (Lipinski definition) is 1. The minimum absolute atomic E-state index is 0.0581. The van der Waals surface area contributed by atoms with E-state index in [2.05, 4.69) is 80.9 Å². The van der Waals surface area contributed by atoms with Gasteiger partial charge in [0, 0.05) is 36.3 Å². The van der Waals surface area contributed by atoms with Crippen LogP contribution in [0.3, 0.4) is 0 Å². The number of ketones is 1. The van der Waals surface area contributed by atoms with Crippen LogP contribution in [0.15, 0.2) is 54.7 Å². The molecule has 0 spiro atoms. The van der Waals surface area contributed by atoms with Gasteiger partial charge in [0.25, 0.3) is 0 Å². The molecule has 0 aliphatic heterocycles. The number of benzene rings is 2. The summed E-state index contributed by atoms with van der Waals surface area (Å²) in [5.41, 5.74) is 8.80. The van der Waals surface area contributed by atoms with Gasteiger partial charge >= 0.3 is 0 Å². The molecule has 1 amide bonds. The number of carbonyl (C=O) groups excluding carboxylic acids is 2. The molecule has 52 heavy (non-hydrogen) atoms. The van der Waals surface area contributed by atoms with Crippen molar-refractivity contribution < 1.29 is 19.1 Å². The first-order chi connectivity index (χ1) is 24.8. The van der Waals surface area contributed by atoms with Crippen molar-refractivity contribution in [3.05, 3.63) is 71.5 Å². The van der Waals surface area contributed by atoms with E-state index < -0.39 is 6.04 Å². The molecule has 1 N–H and O–H groups in total. The molecule has 1 saturated carbocycles. The van der Waals surface area contributed by atoms with E-state index in [0.29, 0.717) is 18.1 Å². The highest BCUT2D eigenvalue weighted by Crippen LogP contribution is 2.42. The lowest BCUT2D eigenvalue weighted by atomic mass is 9.81. The van der Waals surface area contributed by atoms with Crippen molar-refractivity contribution in [1.82, 2.24) is 19.8 Å². The number of amides is 1. The van der Waals surface area contributed by atoms with Crippen LogP contribution in [0.2, 0.25) is 0 Å². The molecule has 1 fully saturated rings. The number of ether oxygens (including phenoxy) is 2. The number of hydrogen-bond acceptors (Lipinski definition) is 6. The normalized spacial score (nSPS) is 15.6. The number of Topliss-reactive ketones (excluding diaryl/α,β-unsaturated/α-hetero) is 1. The summed E-state index contributed by atoms with van der Waals surface area (Å²) < 4.78 is 14.0. The quantitative estimate of drug-likeness (QED) is 0.125. The molecule has 4 aromatic rings. The molecule has 2 heterocycles. The Morgan fingerprint density at radius 1 is 1.04 bits per heavy atom. The third kappa shape index (κ3) is 8.44. The SMILES string of the molecule is CCn1c(-c2cccnc2C(C)OC)c(CC(C)(C)CC)c2cc(-c3cc(CC(NC(=O)C(C4CCCC4)N(C)C)C(C)=O)cc(OC)c3)ccc21. The maximum absolute atomic E-state index is 13.7. The van der Waals surface area contributed by atoms with Crippen molar-refractivity contribution in [2.24, 2.45) is 11.3 Å². The lowest BCUT2D eigenvalue weighted by Gasteiger charge is -2.30. The molecule has 0 saturated heterocycles. The fourth-order valence-electron chi connectivity index (χ4n) is 8.07. The summed E-state index contributed by atoms with van der Waals surface area (Å²) in [4.78, 5) is 33.5. The monoisotopic (exact) mass is 708 g/mol. The zero-order chi connectivity index (χ0) is 37.7. The first kappa shape index (κ1) is 39.2. The summed E-state index contributed by atoms with van der Waals surface area (Å²) >= 11 is 0. The van der Waals surface area contributed by atoms with Gasteiger partial charge in [-0.25, -0.2) is 0 Å². The van der Waals surface area contributed by atoms with E-state index in [1.807, 2.05) is 37.3 Å². The van der Waals surface area contributed by atoms with Gasteiger partial charge in [0.05, 0.1) is 36.7 Å². The second-order valence-electron chi connectivity index (χ2n) is 15.7. The Hall–Kier alpha value is -4.01. The van der Waals surface area contributed by atoms with E-state index in [1.54, 1.807) is 21.1 Å². The second kappa shape index (κ2) is 16.8. The van der Waals surface area contributed by atoms with E-state index in [-0.39, 0.29) is 29.3 Å². The first-order valence-electron chi connectivity index (χ1n) is 19.1. The van der Waals surface area contributed by atoms with Gasteiger partial charge in [-0.1, -0.05) is 52.2 Å². The molecule has 2 aromatic heterocycles. The van der Waals surface area contributed by atoms with Gasteiger partial charge in [-0.05, 0) is 131 Å². The number of nitrogens with zero attached hydrogens (tertiary/aromatic N) is 3. The van der Waals surface area contributed by atoms with Crippen molar-refractivity contribution in [2.45, 2.75) is 111 Å². The molecule has 3 unspecified atom stereocenters. The summed E-state index contributed by atoms with van der Waals surface area (Å²) in [6.45, 7) is 13.6. The molecule has 3 atom stereocenters. The second-order valence-corrected chi connectivity index (χ2v) is 15.7. The zero-order valence-electron chi connectivity index (χ0n) is 33.1. The van der Waals surface area contributed by atoms with Gasteiger partial charge in [-0.15, -0.1) is 0 Å². The van der Waals surface area contributed by atoms with Gasteiger partial charge in [-0.3, -0.25) is 19.5 Å². The highest BCUT2D eigenvalue weighted by atomic mass is 16.5. The van der Waals surface area contributed by atoms with Gasteiger partial charge < -0.3 is 19.4 Å². The molecule has 1 aliphatic carbocycles. The molecular weight excluding hydrogens is 649 g/mol. The Morgan fingerprint density at radius 2 is 1.77 bits per heavy atom. The number of carbonyl (C=O) groups is 2. The van der Waals surface area contributed by atoms with Crippen LogP contribution < -0.4 is 10.1 Å². The Bertz CT molecular complexity index is 1870. The van der Waals surface area contributed by atoms with Crippen LogP contribution in [-0.2, 0) is 33.7 Å². The number of aryl methyl sites for hydroxylation is 1. The minimum Gasteiger partial charge on any atom is -0.497 e. The predicted molar refractivity (Wildman–Crippen MR) is 212 cm³/mol. The number of methoxy groups -OCH3 is 2. The summed E-state index contributed by atoms with van der Waals surface area (Å²) in [6, 6.07) is 16.2. The third-order valence-electron chi connectivity index (χ3n) is 11.4. The molecule has 0 bridgehead atoms. The van der Waals surface area contributed by atoms with Crippen LogP contribution in [0.4, 0.5) is 0 Å². The van der Waals surface area contributed by atoms with Crippen LogP contribution in [0.25, 0.3) is 33.3 Å². The Kier molecular flexibility index (Phi) is 12.6. The Balaban J connectivity index is 1.59. The molecule has 8 nitrogen and oxygen atoms in total. The number of nitrogens with one attached hydrogen (secondary N) is 1. The summed E-state index contributed by atoms with van der Waals surface area (Å²) in [5.74, 6) is 0.898. The van der Waals surface area contributed by atoms with Gasteiger partial charge in [-0.2, -0.15) is 0 Å². The average molecular weight is 709 g/mol. The van der Waals surface area contributed by atoms with Crippen LogP contribution in [0.1, 0.15) is 96.6 Å². The van der Waals surface area contributed by atoms with Crippen molar-refractivity contribution in [2.75, 3.05) is 28.3 Å². The number of aromatic nitrogens is 2. The minimum atomic E-state index is -0.633. The standard InChI is InChI=1S/C44H60N4O4/c1-11-44(5,6)27-37-36-26-32(19-20-39(36)48(12-2)42(37)35-18-15-21-45-40(35)29(4)51-9)33-22-30(23-34(25-33)52-10)24-38(28(3)49)46-43(50)41(47(7)8)31-16-13-14-17-31/h15,18-23,25-26,29,31,38,41H,11-14,16-17,24,27H2,1-10H3,(H,46,50). The lowest BCUT2D eigenvalue weighted by Crippen LogP contribution is -2.52. The number of likely N-dealkylation sites (N-methyl/N-ethyl adjacent to an activating group) is 1. The topological polar surface area (TPSA) is 85.7 Å². The molecule has 2 aromatic carbocycles. The largest absolute Gasteiger partial charge is 0.497 e. The highest BCUT2D eigenvalue weighted by Gasteiger charge is 2.34. The number of pyridine rings is 1. The van der Waals surface area contributed by atoms with Gasteiger partial charge in [0.15, 0.2) is 5.78 Å². The predicted octanol–water partition coefficient (Wildman–Crippen LogP) is 8.82. The van der Waals surface area contributed by atoms with E-state index in [1.165, 1.54) is 22.2 Å². The van der Waals surface area contributed by atoms with Gasteiger partial charge in [0.1, 0.15) is 5.75 Å². The van der Waals surface area contributed by atoms with Crippen molar-refractivity contribution >= 4 is 22.6 Å². The van der Waals surface area contributed by atoms with E-state index in [4.69, 9.17) is 14.5 Å². The molecule has 5 rings (SSSR count). The van der Waals surface area contributed by atoms with Gasteiger partial charge in [0.2, 0.25) is 5.91 Å². The maximum Gasteiger partial charge on any atom is 0.238 e. The average Bonchev–Trinajstić information content (AvgIpc) is 3.76. The molecule has 0 radical (unpaired) electrons. The Labute approximate surface area is 311 Å². The van der Waals surface area contributed by atoms with E-state index in [9.17, 15) is 9.59 Å². The lowest BCUT2D eigenvalue weighted by molar-refractivity contribution is -0.131. The molecular formula is C44H60N4O4. The van der Waals surface area contributed by atoms with Crippen molar-refractivity contribution in [3.8, 4) is 28.1 Å². The molecule has 8 heteroatoms. The maximum atomic E-state index is 13.7. The third-order valence-corrected chi connectivity index (χ3v) is 11.4. The van der Waals surface area contributed by atoms with Crippen LogP contribution in [0.5, 0.6) is 5.75 Å². The molecule has 1 aliphatic rings.